The Hall–Kier alpha value is -0.540. The van der Waals surface area contributed by atoms with Crippen LogP contribution >= 0.6 is 12.4 Å². The van der Waals surface area contributed by atoms with Crippen LogP contribution in [0.15, 0.2) is 12.2 Å². The van der Waals surface area contributed by atoms with Gasteiger partial charge in [0.25, 0.3) is 0 Å². The molecule has 0 heterocycles. The molecule has 3 nitrogen and oxygen atoms in total. The van der Waals surface area contributed by atoms with Crippen molar-refractivity contribution < 1.29 is 4.79 Å². The maximum atomic E-state index is 10.7. The van der Waals surface area contributed by atoms with Gasteiger partial charge in [0.2, 0.25) is 5.91 Å². The van der Waals surface area contributed by atoms with E-state index in [2.05, 4.69) is 11.9 Å². The Morgan fingerprint density at radius 1 is 1.55 bits per heavy atom. The molecule has 0 bridgehead atoms. The zero-order chi connectivity index (χ0) is 7.28. The molecule has 0 radical (unpaired) electrons. The van der Waals surface area contributed by atoms with Crippen molar-refractivity contribution in [2.24, 2.45) is 0 Å². The predicted molar refractivity (Wildman–Crippen MR) is 50.4 cm³/mol. The Balaban J connectivity index is -0.000000320. The van der Waals surface area contributed by atoms with E-state index in [1.807, 2.05) is 6.92 Å². The number of hydrogen-bond donors (Lipinski definition) is 2. The molecule has 4 heteroatoms. The number of carbonyl (C=O) groups is 1. The molecule has 68 valence electrons. The number of nitrogens with one attached hydrogen (secondary N) is 1. The Kier molecular flexibility index (Phi) is 14.5. The Morgan fingerprint density at radius 2 is 2.00 bits per heavy atom. The zero-order valence-electron chi connectivity index (χ0n) is 7.14. The normalized spacial score (nSPS) is 7.09. The average Bonchev–Trinajstić information content (AvgIpc) is 1.82. The lowest BCUT2D eigenvalue weighted by Crippen LogP contribution is -2.24. The van der Waals surface area contributed by atoms with Crippen LogP contribution in [0.5, 0.6) is 0 Å². The zero-order valence-corrected chi connectivity index (χ0v) is 7.96. The first kappa shape index (κ1) is 16.8. The molecule has 0 rings (SSSR count). The molecule has 11 heavy (non-hydrogen) atoms. The summed E-state index contributed by atoms with van der Waals surface area (Å²) in [5.41, 5.74) is 0.573. The van der Waals surface area contributed by atoms with Crippen molar-refractivity contribution in [2.75, 3.05) is 6.54 Å². The topological polar surface area (TPSA) is 64.1 Å². The van der Waals surface area contributed by atoms with Gasteiger partial charge in [0.05, 0.1) is 0 Å². The van der Waals surface area contributed by atoms with Crippen LogP contribution in [0.1, 0.15) is 20.3 Å². The molecule has 0 aliphatic rings. The highest BCUT2D eigenvalue weighted by Gasteiger charge is 1.96. The summed E-state index contributed by atoms with van der Waals surface area (Å²) in [6.07, 6.45) is 0.971. The van der Waals surface area contributed by atoms with Crippen molar-refractivity contribution in [2.45, 2.75) is 20.3 Å². The summed E-state index contributed by atoms with van der Waals surface area (Å²) in [5.74, 6) is -0.0446. The smallest absolute Gasteiger partial charge is 0.246 e. The Bertz CT molecular complexity index is 126. The van der Waals surface area contributed by atoms with Gasteiger partial charge in [-0.05, 0) is 13.3 Å². The van der Waals surface area contributed by atoms with Crippen LogP contribution in [0.3, 0.4) is 0 Å². The maximum absolute atomic E-state index is 10.7. The van der Waals surface area contributed by atoms with E-state index in [0.717, 1.165) is 13.0 Å². The highest BCUT2D eigenvalue weighted by atomic mass is 35.5. The Morgan fingerprint density at radius 3 is 2.27 bits per heavy atom. The molecule has 0 saturated heterocycles. The lowest BCUT2D eigenvalue weighted by molar-refractivity contribution is -0.117. The molecular weight excluding hydrogens is 164 g/mol. The number of carbonyl (C=O) groups excluding carboxylic acids is 1. The van der Waals surface area contributed by atoms with Crippen LogP contribution in [0.2, 0.25) is 0 Å². The molecule has 0 fully saturated rings. The SMILES string of the molecule is C=C(C)C(=O)NCCC.Cl.N. The molecule has 0 aromatic carbocycles. The van der Waals surface area contributed by atoms with Gasteiger partial charge in [-0.25, -0.2) is 0 Å². The second kappa shape index (κ2) is 9.46. The third-order valence-corrected chi connectivity index (χ3v) is 0.923. The first-order valence-electron chi connectivity index (χ1n) is 3.12. The molecule has 0 aromatic rings. The summed E-state index contributed by atoms with van der Waals surface area (Å²) >= 11 is 0. The standard InChI is InChI=1S/C7H13NO.ClH.H3N/c1-4-5-8-7(9)6(2)3;;/h2,4-5H2,1,3H3,(H,8,9);1H;1H3. The monoisotopic (exact) mass is 180 g/mol. The minimum absolute atomic E-state index is 0. The molecule has 0 saturated carbocycles. The third kappa shape index (κ3) is 9.46. The largest absolute Gasteiger partial charge is 0.352 e. The highest BCUT2D eigenvalue weighted by Crippen LogP contribution is 1.84. The van der Waals surface area contributed by atoms with Crippen LogP contribution in [0, 0.1) is 0 Å². The molecule has 0 unspecified atom stereocenters. The summed E-state index contributed by atoms with van der Waals surface area (Å²) in [6.45, 7) is 7.95. The van der Waals surface area contributed by atoms with E-state index in [1.165, 1.54) is 0 Å². The molecule has 4 N–H and O–H groups in total. The third-order valence-electron chi connectivity index (χ3n) is 0.923. The fourth-order valence-electron chi connectivity index (χ4n) is 0.389. The molecule has 0 aromatic heterocycles. The Labute approximate surface area is 74.2 Å². The summed E-state index contributed by atoms with van der Waals surface area (Å²) in [6, 6.07) is 0. The number of amides is 1. The van der Waals surface area contributed by atoms with E-state index in [4.69, 9.17) is 0 Å². The second-order valence-corrected chi connectivity index (χ2v) is 2.04. The number of rotatable bonds is 3. The maximum Gasteiger partial charge on any atom is 0.246 e. The van der Waals surface area contributed by atoms with Crippen molar-refractivity contribution in [3.8, 4) is 0 Å². The van der Waals surface area contributed by atoms with E-state index in [-0.39, 0.29) is 24.5 Å². The quantitative estimate of drug-likeness (QED) is 0.649. The van der Waals surface area contributed by atoms with E-state index < -0.39 is 0 Å². The summed E-state index contributed by atoms with van der Waals surface area (Å²) < 4.78 is 0. The van der Waals surface area contributed by atoms with Gasteiger partial charge in [0.15, 0.2) is 0 Å². The van der Waals surface area contributed by atoms with Gasteiger partial charge < -0.3 is 11.5 Å². The minimum atomic E-state index is -0.0446. The average molecular weight is 181 g/mol. The van der Waals surface area contributed by atoms with Gasteiger partial charge in [-0.15, -0.1) is 12.4 Å². The van der Waals surface area contributed by atoms with Gasteiger partial charge in [0, 0.05) is 12.1 Å². The molecule has 0 spiro atoms. The number of halogens is 1. The highest BCUT2D eigenvalue weighted by molar-refractivity contribution is 5.91. The van der Waals surface area contributed by atoms with Crippen molar-refractivity contribution in [3.05, 3.63) is 12.2 Å². The second-order valence-electron chi connectivity index (χ2n) is 2.04. The summed E-state index contributed by atoms with van der Waals surface area (Å²) in [7, 11) is 0. The minimum Gasteiger partial charge on any atom is -0.352 e. The molecule has 1 amide bonds. The van der Waals surface area contributed by atoms with Crippen molar-refractivity contribution in [1.29, 1.82) is 0 Å². The molecular formula is C7H17ClN2O. The first-order chi connectivity index (χ1) is 4.18. The van der Waals surface area contributed by atoms with Crippen LogP contribution in [0.4, 0.5) is 0 Å². The van der Waals surface area contributed by atoms with Gasteiger partial charge in [-0.1, -0.05) is 13.5 Å². The number of hydrogen-bond acceptors (Lipinski definition) is 2. The molecule has 0 aliphatic carbocycles. The fraction of sp³-hybridized carbons (Fsp3) is 0.571. The van der Waals surface area contributed by atoms with Gasteiger partial charge >= 0.3 is 0 Å². The molecule has 0 aliphatic heterocycles. The van der Waals surface area contributed by atoms with E-state index in [9.17, 15) is 4.79 Å². The van der Waals surface area contributed by atoms with E-state index in [0.29, 0.717) is 5.57 Å². The molecule has 0 atom stereocenters. The fourth-order valence-corrected chi connectivity index (χ4v) is 0.389. The van der Waals surface area contributed by atoms with Crippen molar-refractivity contribution >= 4 is 18.3 Å². The van der Waals surface area contributed by atoms with E-state index in [1.54, 1.807) is 6.92 Å². The predicted octanol–water partition coefficient (Wildman–Crippen LogP) is 1.67. The van der Waals surface area contributed by atoms with E-state index >= 15 is 0 Å². The summed E-state index contributed by atoms with van der Waals surface area (Å²) in [5, 5.41) is 2.69. The van der Waals surface area contributed by atoms with Crippen LogP contribution < -0.4 is 11.5 Å². The van der Waals surface area contributed by atoms with Crippen molar-refractivity contribution in [1.82, 2.24) is 11.5 Å². The van der Waals surface area contributed by atoms with Gasteiger partial charge in [-0.3, -0.25) is 4.79 Å². The van der Waals surface area contributed by atoms with Crippen LogP contribution in [0.25, 0.3) is 0 Å². The van der Waals surface area contributed by atoms with Gasteiger partial charge in [0.1, 0.15) is 0 Å². The summed E-state index contributed by atoms with van der Waals surface area (Å²) in [4.78, 5) is 10.7. The van der Waals surface area contributed by atoms with Crippen LogP contribution in [-0.2, 0) is 4.79 Å². The van der Waals surface area contributed by atoms with Crippen LogP contribution in [-0.4, -0.2) is 12.5 Å². The lowest BCUT2D eigenvalue weighted by atomic mass is 10.3. The first-order valence-corrected chi connectivity index (χ1v) is 3.12. The van der Waals surface area contributed by atoms with Crippen molar-refractivity contribution in [3.63, 3.8) is 0 Å². The van der Waals surface area contributed by atoms with Gasteiger partial charge in [-0.2, -0.15) is 0 Å². The lowest BCUT2D eigenvalue weighted by Gasteiger charge is -1.99.